The lowest BCUT2D eigenvalue weighted by Gasteiger charge is -2.64. The van der Waals surface area contributed by atoms with Gasteiger partial charge >= 0.3 is 12.2 Å². The van der Waals surface area contributed by atoms with E-state index in [1.807, 2.05) is 0 Å². The van der Waals surface area contributed by atoms with Crippen molar-refractivity contribution in [2.24, 2.45) is 10.8 Å². The van der Waals surface area contributed by atoms with Crippen LogP contribution in [0.2, 0.25) is 0 Å². The van der Waals surface area contributed by atoms with Crippen LogP contribution in [0.25, 0.3) is 0 Å². The zero-order valence-electron chi connectivity index (χ0n) is 13.9. The molecule has 2 amide bonds. The molecule has 1 saturated heterocycles. The molecule has 1 aliphatic heterocycles. The van der Waals surface area contributed by atoms with E-state index in [1.54, 1.807) is 34.6 Å². The maximum Gasteiger partial charge on any atom is 0.430 e. The first-order valence-electron chi connectivity index (χ1n) is 6.98. The Labute approximate surface area is 134 Å². The van der Waals surface area contributed by atoms with Crippen LogP contribution in [-0.2, 0) is 14.3 Å². The lowest BCUT2D eigenvalue weighted by atomic mass is 9.50. The summed E-state index contributed by atoms with van der Waals surface area (Å²) in [5, 5.41) is 2.13. The molecule has 2 aliphatic rings. The van der Waals surface area contributed by atoms with Crippen LogP contribution in [0.4, 0.5) is 9.59 Å². The van der Waals surface area contributed by atoms with Crippen LogP contribution in [0, 0.1) is 10.8 Å². The fraction of sp³-hybridized carbons (Fsp3) is 0.786. The Bertz CT molecular complexity index is 527. The zero-order valence-corrected chi connectivity index (χ0v) is 14.7. The number of ketones is 1. The summed E-state index contributed by atoms with van der Waals surface area (Å²) in [6.45, 7) is 8.95. The minimum Gasteiger partial charge on any atom is -0.451 e. The van der Waals surface area contributed by atoms with E-state index >= 15 is 0 Å². The van der Waals surface area contributed by atoms with Crippen LogP contribution in [0.1, 0.15) is 34.6 Å². The highest BCUT2D eigenvalue weighted by molar-refractivity contribution is 8.01. The van der Waals surface area contributed by atoms with E-state index in [2.05, 4.69) is 0 Å². The molecular weight excluding hydrogens is 308 g/mol. The van der Waals surface area contributed by atoms with E-state index in [4.69, 9.17) is 9.47 Å². The smallest absolute Gasteiger partial charge is 0.430 e. The van der Waals surface area contributed by atoms with Gasteiger partial charge in [0.2, 0.25) is 0 Å². The summed E-state index contributed by atoms with van der Waals surface area (Å²) < 4.78 is 9.67. The summed E-state index contributed by atoms with van der Waals surface area (Å²) >= 11 is 1.41. The fourth-order valence-corrected chi connectivity index (χ4v) is 5.73. The molecule has 1 aliphatic carbocycles. The second-order valence-electron chi connectivity index (χ2n) is 6.54. The number of carbonyl (C=O) groups is 3. The van der Waals surface area contributed by atoms with E-state index in [-0.39, 0.29) is 11.2 Å². The first-order chi connectivity index (χ1) is 10.0. The number of Topliss-reactive ketones (excluding diaryl/α,β-unsaturated/α-hetero) is 1. The fourth-order valence-electron chi connectivity index (χ4n) is 3.92. The van der Waals surface area contributed by atoms with E-state index in [0.29, 0.717) is 0 Å². The Morgan fingerprint density at radius 1 is 1.05 bits per heavy atom. The number of hydrazine groups is 1. The van der Waals surface area contributed by atoms with Gasteiger partial charge in [0.15, 0.2) is 5.78 Å². The molecule has 0 aromatic carbocycles. The molecule has 8 heteroatoms. The van der Waals surface area contributed by atoms with Crippen molar-refractivity contribution in [3.8, 4) is 0 Å². The SMILES string of the molecule is COC(=O)N1[C@H](C)SC2(N1C(=O)OC)C(C)(C)C(=O)C2(C)C. The number of hydrogen-bond donors (Lipinski definition) is 0. The largest absolute Gasteiger partial charge is 0.451 e. The Hall–Kier alpha value is -1.44. The molecule has 22 heavy (non-hydrogen) atoms. The van der Waals surface area contributed by atoms with Gasteiger partial charge < -0.3 is 9.47 Å². The van der Waals surface area contributed by atoms with Crippen LogP contribution >= 0.6 is 11.8 Å². The van der Waals surface area contributed by atoms with Gasteiger partial charge in [0.1, 0.15) is 10.2 Å². The molecule has 1 heterocycles. The van der Waals surface area contributed by atoms with Crippen molar-refractivity contribution < 1.29 is 23.9 Å². The quantitative estimate of drug-likeness (QED) is 0.679. The number of hydrogen-bond acceptors (Lipinski definition) is 6. The van der Waals surface area contributed by atoms with Crippen LogP contribution in [0.3, 0.4) is 0 Å². The highest BCUT2D eigenvalue weighted by Crippen LogP contribution is 2.70. The zero-order chi connectivity index (χ0) is 17.1. The number of thioether (sulfide) groups is 1. The maximum atomic E-state index is 12.5. The first-order valence-corrected chi connectivity index (χ1v) is 7.86. The summed E-state index contributed by atoms with van der Waals surface area (Å²) in [5.41, 5.74) is -1.63. The third-order valence-corrected chi connectivity index (χ3v) is 6.81. The predicted octanol–water partition coefficient (Wildman–Crippen LogP) is 2.46. The van der Waals surface area contributed by atoms with Gasteiger partial charge in [0, 0.05) is 0 Å². The van der Waals surface area contributed by atoms with Gasteiger partial charge in [-0.2, -0.15) is 10.0 Å². The monoisotopic (exact) mass is 330 g/mol. The molecule has 0 unspecified atom stereocenters. The van der Waals surface area contributed by atoms with E-state index in [1.165, 1.54) is 36.0 Å². The Morgan fingerprint density at radius 2 is 1.50 bits per heavy atom. The second-order valence-corrected chi connectivity index (χ2v) is 8.05. The number of ether oxygens (including phenoxy) is 2. The number of rotatable bonds is 0. The predicted molar refractivity (Wildman–Crippen MR) is 80.8 cm³/mol. The van der Waals surface area contributed by atoms with Crippen molar-refractivity contribution in [2.75, 3.05) is 14.2 Å². The molecule has 1 spiro atoms. The minimum absolute atomic E-state index is 0.0420. The van der Waals surface area contributed by atoms with Crippen molar-refractivity contribution in [2.45, 2.75) is 44.9 Å². The molecule has 0 radical (unpaired) electrons. The summed E-state index contributed by atoms with van der Waals surface area (Å²) in [4.78, 5) is 36.2. The van der Waals surface area contributed by atoms with Crippen molar-refractivity contribution in [3.05, 3.63) is 0 Å². The number of methoxy groups -OCH3 is 2. The summed E-state index contributed by atoms with van der Waals surface area (Å²) in [5.74, 6) is 0.0420. The topological polar surface area (TPSA) is 76.2 Å². The Balaban J connectivity index is 2.63. The summed E-state index contributed by atoms with van der Waals surface area (Å²) in [6, 6.07) is 0. The Morgan fingerprint density at radius 3 is 1.91 bits per heavy atom. The van der Waals surface area contributed by atoms with Gasteiger partial charge in [-0.1, -0.05) is 0 Å². The lowest BCUT2D eigenvalue weighted by Crippen LogP contribution is -2.79. The van der Waals surface area contributed by atoms with Gasteiger partial charge in [-0.25, -0.2) is 9.59 Å². The van der Waals surface area contributed by atoms with Gasteiger partial charge in [0.05, 0.1) is 25.0 Å². The van der Waals surface area contributed by atoms with Gasteiger partial charge in [-0.3, -0.25) is 4.79 Å². The van der Waals surface area contributed by atoms with Gasteiger partial charge in [-0.15, -0.1) is 11.8 Å². The van der Waals surface area contributed by atoms with Crippen molar-refractivity contribution >= 4 is 29.7 Å². The Kier molecular flexibility index (Phi) is 3.67. The van der Waals surface area contributed by atoms with Crippen molar-refractivity contribution in [3.63, 3.8) is 0 Å². The number of carbonyl (C=O) groups excluding carboxylic acids is 3. The average Bonchev–Trinajstić information content (AvgIpc) is 2.80. The minimum atomic E-state index is -0.905. The maximum absolute atomic E-state index is 12.5. The van der Waals surface area contributed by atoms with Gasteiger partial charge in [-0.05, 0) is 34.6 Å². The van der Waals surface area contributed by atoms with Crippen LogP contribution in [0.15, 0.2) is 0 Å². The number of nitrogens with zero attached hydrogens (tertiary/aromatic N) is 2. The van der Waals surface area contributed by atoms with Crippen LogP contribution < -0.4 is 0 Å². The second kappa shape index (κ2) is 4.78. The summed E-state index contributed by atoms with van der Waals surface area (Å²) in [7, 11) is 2.50. The molecular formula is C14H22N2O5S. The van der Waals surface area contributed by atoms with E-state index in [0.717, 1.165) is 0 Å². The van der Waals surface area contributed by atoms with Crippen LogP contribution in [-0.4, -0.2) is 52.5 Å². The molecule has 1 atom stereocenters. The molecule has 2 rings (SSSR count). The van der Waals surface area contributed by atoms with E-state index in [9.17, 15) is 14.4 Å². The molecule has 7 nitrogen and oxygen atoms in total. The van der Waals surface area contributed by atoms with Crippen molar-refractivity contribution in [1.82, 2.24) is 10.0 Å². The highest BCUT2D eigenvalue weighted by Gasteiger charge is 2.81. The molecule has 0 aromatic rings. The molecule has 124 valence electrons. The van der Waals surface area contributed by atoms with Gasteiger partial charge in [0.25, 0.3) is 0 Å². The molecule has 1 saturated carbocycles. The molecule has 0 bridgehead atoms. The number of amides is 2. The third kappa shape index (κ3) is 1.61. The molecule has 0 aromatic heterocycles. The average molecular weight is 330 g/mol. The lowest BCUT2D eigenvalue weighted by molar-refractivity contribution is -0.189. The molecule has 2 fully saturated rings. The highest BCUT2D eigenvalue weighted by atomic mass is 32.2. The van der Waals surface area contributed by atoms with Crippen LogP contribution in [0.5, 0.6) is 0 Å². The third-order valence-electron chi connectivity index (χ3n) is 4.74. The van der Waals surface area contributed by atoms with E-state index < -0.39 is 27.9 Å². The standard InChI is InChI=1S/C14H22N2O5S/c1-8-15(10(18)20-6)16(11(19)21-7)14(22-8)12(2,3)9(17)13(14,4)5/h8H,1-7H3/t8-/m0/s1. The normalized spacial score (nSPS) is 27.6. The first kappa shape index (κ1) is 16.9. The molecule has 0 N–H and O–H groups in total. The van der Waals surface area contributed by atoms with Crippen molar-refractivity contribution in [1.29, 1.82) is 0 Å². The summed E-state index contributed by atoms with van der Waals surface area (Å²) in [6.07, 6.45) is -1.34.